The van der Waals surface area contributed by atoms with Crippen LogP contribution in [0.25, 0.3) is 0 Å². The molecule has 2 heterocycles. The molecular weight excluding hydrogens is 269 g/mol. The van der Waals surface area contributed by atoms with Crippen molar-refractivity contribution in [2.75, 3.05) is 19.6 Å². The van der Waals surface area contributed by atoms with Crippen molar-refractivity contribution in [1.82, 2.24) is 9.88 Å². The number of piperidine rings is 1. The van der Waals surface area contributed by atoms with Gasteiger partial charge < -0.3 is 5.73 Å². The highest BCUT2D eigenvalue weighted by molar-refractivity contribution is 6.32. The Bertz CT molecular complexity index is 411. The lowest BCUT2D eigenvalue weighted by Crippen LogP contribution is -2.42. The molecule has 0 spiro atoms. The van der Waals surface area contributed by atoms with Crippen LogP contribution in [0, 0.1) is 11.8 Å². The number of aromatic nitrogens is 1. The Morgan fingerprint density at radius 2 is 2.22 bits per heavy atom. The predicted molar refractivity (Wildman–Crippen MR) is 75.9 cm³/mol. The normalized spacial score (nSPS) is 25.3. The zero-order chi connectivity index (χ0) is 13.1. The molecule has 2 N–H and O–H groups in total. The first-order chi connectivity index (χ1) is 8.60. The van der Waals surface area contributed by atoms with E-state index >= 15 is 0 Å². The molecule has 3 nitrogen and oxygen atoms in total. The van der Waals surface area contributed by atoms with Crippen molar-refractivity contribution >= 4 is 23.2 Å². The van der Waals surface area contributed by atoms with Crippen LogP contribution in [0.2, 0.25) is 10.3 Å². The molecule has 1 aliphatic rings. The van der Waals surface area contributed by atoms with Crippen LogP contribution in [0.4, 0.5) is 0 Å². The van der Waals surface area contributed by atoms with Crippen LogP contribution < -0.4 is 5.73 Å². The third-order valence-electron chi connectivity index (χ3n) is 3.79. The second kappa shape index (κ2) is 6.20. The van der Waals surface area contributed by atoms with E-state index < -0.39 is 0 Å². The van der Waals surface area contributed by atoms with E-state index in [9.17, 15) is 0 Å². The fourth-order valence-electron chi connectivity index (χ4n) is 2.48. The molecule has 0 bridgehead atoms. The van der Waals surface area contributed by atoms with Crippen molar-refractivity contribution in [3.8, 4) is 0 Å². The molecule has 100 valence electrons. The van der Waals surface area contributed by atoms with E-state index in [0.29, 0.717) is 22.1 Å². The smallest absolute Gasteiger partial charge is 0.135 e. The number of nitrogens with two attached hydrogens (primary N) is 1. The maximum atomic E-state index is 6.10. The summed E-state index contributed by atoms with van der Waals surface area (Å²) in [5, 5.41) is 0.946. The van der Waals surface area contributed by atoms with Crippen LogP contribution in [-0.4, -0.2) is 29.5 Å². The maximum absolute atomic E-state index is 6.10. The second-order valence-corrected chi connectivity index (χ2v) is 5.83. The van der Waals surface area contributed by atoms with Gasteiger partial charge in [-0.1, -0.05) is 36.2 Å². The number of likely N-dealkylation sites (tertiary alicyclic amines) is 1. The molecular formula is C13H19Cl2N3. The predicted octanol–water partition coefficient (Wildman–Crippen LogP) is 2.81. The Labute approximate surface area is 118 Å². The molecule has 0 amide bonds. The highest BCUT2D eigenvalue weighted by atomic mass is 35.5. The average molecular weight is 288 g/mol. The summed E-state index contributed by atoms with van der Waals surface area (Å²) in [5.74, 6) is 1.29. The molecule has 2 rings (SSSR count). The van der Waals surface area contributed by atoms with E-state index in [-0.39, 0.29) is 0 Å². The highest BCUT2D eigenvalue weighted by Crippen LogP contribution is 2.25. The topological polar surface area (TPSA) is 42.2 Å². The lowest BCUT2D eigenvalue weighted by Gasteiger charge is -2.36. The van der Waals surface area contributed by atoms with Gasteiger partial charge in [0.15, 0.2) is 0 Å². The first-order valence-electron chi connectivity index (χ1n) is 6.33. The summed E-state index contributed by atoms with van der Waals surface area (Å²) in [4.78, 5) is 6.47. The van der Waals surface area contributed by atoms with Crippen molar-refractivity contribution in [2.45, 2.75) is 19.9 Å². The van der Waals surface area contributed by atoms with Gasteiger partial charge in [-0.15, -0.1) is 0 Å². The van der Waals surface area contributed by atoms with E-state index in [2.05, 4.69) is 16.8 Å². The van der Waals surface area contributed by atoms with Crippen LogP contribution in [0.3, 0.4) is 0 Å². The molecule has 1 aliphatic heterocycles. The van der Waals surface area contributed by atoms with Gasteiger partial charge in [0.25, 0.3) is 0 Å². The van der Waals surface area contributed by atoms with Gasteiger partial charge in [-0.3, -0.25) is 4.90 Å². The van der Waals surface area contributed by atoms with Crippen molar-refractivity contribution < 1.29 is 0 Å². The highest BCUT2D eigenvalue weighted by Gasteiger charge is 2.25. The summed E-state index contributed by atoms with van der Waals surface area (Å²) in [6.45, 7) is 6.00. The minimum atomic E-state index is 0.441. The molecule has 1 saturated heterocycles. The number of nitrogens with zero attached hydrogens (tertiary/aromatic N) is 2. The molecule has 0 radical (unpaired) electrons. The molecule has 1 aromatic rings. The van der Waals surface area contributed by atoms with Crippen LogP contribution in [0.1, 0.15) is 18.9 Å². The largest absolute Gasteiger partial charge is 0.330 e. The van der Waals surface area contributed by atoms with Gasteiger partial charge in [-0.25, -0.2) is 4.98 Å². The fourth-order valence-corrected chi connectivity index (χ4v) is 2.88. The van der Waals surface area contributed by atoms with Crippen LogP contribution >= 0.6 is 23.2 Å². The van der Waals surface area contributed by atoms with E-state index in [1.54, 1.807) is 6.07 Å². The molecule has 2 unspecified atom stereocenters. The number of rotatable bonds is 3. The zero-order valence-corrected chi connectivity index (χ0v) is 12.1. The summed E-state index contributed by atoms with van der Waals surface area (Å²) >= 11 is 11.9. The van der Waals surface area contributed by atoms with Gasteiger partial charge in [0.05, 0.1) is 0 Å². The first kappa shape index (κ1) is 14.1. The van der Waals surface area contributed by atoms with Crippen molar-refractivity contribution in [3.63, 3.8) is 0 Å². The van der Waals surface area contributed by atoms with Gasteiger partial charge >= 0.3 is 0 Å². The molecule has 5 heteroatoms. The first-order valence-corrected chi connectivity index (χ1v) is 7.09. The SMILES string of the molecule is CC1CCN(Cc2ccc(Cl)nc2Cl)CC1CN. The summed E-state index contributed by atoms with van der Waals surface area (Å²) in [5.41, 5.74) is 6.85. The Balaban J connectivity index is 2.01. The Morgan fingerprint density at radius 1 is 1.44 bits per heavy atom. The van der Waals surface area contributed by atoms with E-state index in [4.69, 9.17) is 28.9 Å². The van der Waals surface area contributed by atoms with Gasteiger partial charge in [-0.2, -0.15) is 0 Å². The summed E-state index contributed by atoms with van der Waals surface area (Å²) in [6.07, 6.45) is 1.19. The summed E-state index contributed by atoms with van der Waals surface area (Å²) in [7, 11) is 0. The zero-order valence-electron chi connectivity index (χ0n) is 10.6. The van der Waals surface area contributed by atoms with Crippen molar-refractivity contribution in [3.05, 3.63) is 28.0 Å². The lowest BCUT2D eigenvalue weighted by atomic mass is 9.87. The van der Waals surface area contributed by atoms with Crippen LogP contribution in [0.5, 0.6) is 0 Å². The molecule has 1 aromatic heterocycles. The lowest BCUT2D eigenvalue weighted by molar-refractivity contribution is 0.126. The Hall–Kier alpha value is -0.350. The van der Waals surface area contributed by atoms with Gasteiger partial charge in [0.2, 0.25) is 0 Å². The Kier molecular flexibility index (Phi) is 4.84. The molecule has 0 aliphatic carbocycles. The molecule has 1 fully saturated rings. The van der Waals surface area contributed by atoms with Crippen molar-refractivity contribution in [2.24, 2.45) is 17.6 Å². The third kappa shape index (κ3) is 3.35. The minimum Gasteiger partial charge on any atom is -0.330 e. The van der Waals surface area contributed by atoms with Crippen molar-refractivity contribution in [1.29, 1.82) is 0 Å². The van der Waals surface area contributed by atoms with Gasteiger partial charge in [0, 0.05) is 18.7 Å². The van der Waals surface area contributed by atoms with Crippen LogP contribution in [0.15, 0.2) is 12.1 Å². The van der Waals surface area contributed by atoms with Gasteiger partial charge in [-0.05, 0) is 37.4 Å². The molecule has 18 heavy (non-hydrogen) atoms. The number of halogens is 2. The van der Waals surface area contributed by atoms with E-state index in [0.717, 1.165) is 31.7 Å². The monoisotopic (exact) mass is 287 g/mol. The average Bonchev–Trinajstić information content (AvgIpc) is 2.35. The number of hydrogen-bond acceptors (Lipinski definition) is 3. The molecule has 0 saturated carbocycles. The van der Waals surface area contributed by atoms with E-state index in [1.165, 1.54) is 6.42 Å². The standard InChI is InChI=1S/C13H19Cl2N3/c1-9-4-5-18(8-11(9)6-16)7-10-2-3-12(14)17-13(10)15/h2-3,9,11H,4-8,16H2,1H3. The Morgan fingerprint density at radius 3 is 2.89 bits per heavy atom. The van der Waals surface area contributed by atoms with Gasteiger partial charge in [0.1, 0.15) is 10.3 Å². The minimum absolute atomic E-state index is 0.441. The maximum Gasteiger partial charge on any atom is 0.135 e. The molecule has 2 atom stereocenters. The molecule has 0 aromatic carbocycles. The second-order valence-electron chi connectivity index (χ2n) is 5.08. The number of pyridine rings is 1. The van der Waals surface area contributed by atoms with E-state index in [1.807, 2.05) is 6.07 Å². The summed E-state index contributed by atoms with van der Waals surface area (Å²) in [6, 6.07) is 3.74. The fraction of sp³-hybridized carbons (Fsp3) is 0.615. The number of hydrogen-bond donors (Lipinski definition) is 1. The van der Waals surface area contributed by atoms with Crippen LogP contribution in [-0.2, 0) is 6.54 Å². The quantitative estimate of drug-likeness (QED) is 0.870. The summed E-state index contributed by atoms with van der Waals surface area (Å²) < 4.78 is 0. The third-order valence-corrected chi connectivity index (χ3v) is 4.32.